The molecule has 4 rings (SSSR count). The van der Waals surface area contributed by atoms with Gasteiger partial charge in [0.2, 0.25) is 17.7 Å². The molecule has 1 atom stereocenters. The molecule has 2 N–H and O–H groups in total. The maximum absolute atomic E-state index is 13.4. The van der Waals surface area contributed by atoms with Crippen molar-refractivity contribution in [1.82, 2.24) is 25.1 Å². The van der Waals surface area contributed by atoms with Crippen LogP contribution in [0.2, 0.25) is 0 Å². The molecule has 0 radical (unpaired) electrons. The maximum atomic E-state index is 13.4. The van der Waals surface area contributed by atoms with Crippen LogP contribution in [0.25, 0.3) is 11.4 Å². The molecule has 0 aliphatic carbocycles. The van der Waals surface area contributed by atoms with Crippen LogP contribution >= 0.6 is 0 Å². The van der Waals surface area contributed by atoms with Crippen molar-refractivity contribution < 1.29 is 28.6 Å². The molecule has 1 aliphatic rings. The largest absolute Gasteiger partial charge is 0.497 e. The number of carbonyl (C=O) groups excluding carboxylic acids is 3. The number of hydrogen-bond donors (Lipinski definition) is 2. The molecule has 0 spiro atoms. The SMILES string of the molecule is COc1ccc(CCCC(=O)N2CCOc3cc(ccc3OC)-c3nccn3CCNC(=O)[C@@H](C(C)C)NC(=O)C2)cc1. The monoisotopic (exact) mass is 591 g/mol. The van der Waals surface area contributed by atoms with E-state index in [-0.39, 0.29) is 43.8 Å². The summed E-state index contributed by atoms with van der Waals surface area (Å²) in [5.74, 6) is 1.54. The highest BCUT2D eigenvalue weighted by Gasteiger charge is 2.26. The lowest BCUT2D eigenvalue weighted by atomic mass is 10.0. The van der Waals surface area contributed by atoms with E-state index in [9.17, 15) is 14.4 Å². The van der Waals surface area contributed by atoms with Crippen molar-refractivity contribution in [3.63, 3.8) is 0 Å². The standard InChI is InChI=1S/C32H41N5O6/c1-22(2)30-32(40)34-15-17-36-16-14-33-31(36)24-10-13-26(42-4)27(20-24)43-19-18-37(21-28(38)35-30)29(39)7-5-6-23-8-11-25(41-3)12-9-23/h8-14,16,20,22,30H,5-7,15,17-19,21H2,1-4H3,(H,34,40)(H,35,38)/t30-/m1/s1. The lowest BCUT2D eigenvalue weighted by Crippen LogP contribution is -2.53. The Morgan fingerprint density at radius 1 is 1.09 bits per heavy atom. The van der Waals surface area contributed by atoms with Gasteiger partial charge in [-0.15, -0.1) is 0 Å². The van der Waals surface area contributed by atoms with Crippen molar-refractivity contribution in [1.29, 1.82) is 0 Å². The van der Waals surface area contributed by atoms with Gasteiger partial charge in [-0.25, -0.2) is 4.98 Å². The lowest BCUT2D eigenvalue weighted by molar-refractivity contribution is -0.137. The van der Waals surface area contributed by atoms with E-state index in [1.165, 1.54) is 4.90 Å². The molecule has 1 aliphatic heterocycles. The average molecular weight is 592 g/mol. The molecule has 1 aromatic heterocycles. The highest BCUT2D eigenvalue weighted by atomic mass is 16.5. The van der Waals surface area contributed by atoms with E-state index in [0.717, 1.165) is 16.9 Å². The van der Waals surface area contributed by atoms with Crippen LogP contribution in [0.15, 0.2) is 54.9 Å². The summed E-state index contributed by atoms with van der Waals surface area (Å²) in [6.45, 7) is 4.71. The quantitative estimate of drug-likeness (QED) is 0.433. The zero-order chi connectivity index (χ0) is 30.8. The Balaban J connectivity index is 1.53. The summed E-state index contributed by atoms with van der Waals surface area (Å²) in [5.41, 5.74) is 1.91. The molecule has 0 saturated carbocycles. The van der Waals surface area contributed by atoms with Gasteiger partial charge in [0.25, 0.3) is 0 Å². The van der Waals surface area contributed by atoms with Crippen LogP contribution in [-0.2, 0) is 27.3 Å². The van der Waals surface area contributed by atoms with Crippen molar-refractivity contribution >= 4 is 17.7 Å². The van der Waals surface area contributed by atoms with Crippen LogP contribution in [0.4, 0.5) is 0 Å². The number of carbonyl (C=O) groups is 3. The summed E-state index contributed by atoms with van der Waals surface area (Å²) < 4.78 is 18.8. The van der Waals surface area contributed by atoms with E-state index < -0.39 is 11.9 Å². The van der Waals surface area contributed by atoms with E-state index in [1.807, 2.05) is 67.1 Å². The topological polar surface area (TPSA) is 124 Å². The fraction of sp³-hybridized carbons (Fsp3) is 0.438. The summed E-state index contributed by atoms with van der Waals surface area (Å²) >= 11 is 0. The third kappa shape index (κ3) is 8.50. The lowest BCUT2D eigenvalue weighted by Gasteiger charge is -2.26. The fourth-order valence-corrected chi connectivity index (χ4v) is 4.97. The van der Waals surface area contributed by atoms with Crippen molar-refractivity contribution in [2.75, 3.05) is 40.5 Å². The van der Waals surface area contributed by atoms with Crippen LogP contribution in [0, 0.1) is 5.92 Å². The average Bonchev–Trinajstić information content (AvgIpc) is 3.47. The van der Waals surface area contributed by atoms with Gasteiger partial charge in [-0.2, -0.15) is 0 Å². The summed E-state index contributed by atoms with van der Waals surface area (Å²) in [6.07, 6.45) is 5.13. The van der Waals surface area contributed by atoms with Gasteiger partial charge in [-0.1, -0.05) is 26.0 Å². The van der Waals surface area contributed by atoms with Crippen molar-refractivity contribution in [3.05, 3.63) is 60.4 Å². The van der Waals surface area contributed by atoms with Gasteiger partial charge < -0.3 is 34.3 Å². The third-order valence-electron chi connectivity index (χ3n) is 7.38. The van der Waals surface area contributed by atoms with Gasteiger partial charge in [0.05, 0.1) is 27.3 Å². The number of benzene rings is 2. The molecule has 11 heteroatoms. The molecule has 11 nitrogen and oxygen atoms in total. The number of ether oxygens (including phenoxy) is 3. The van der Waals surface area contributed by atoms with Gasteiger partial charge in [0.1, 0.15) is 24.2 Å². The predicted molar refractivity (Wildman–Crippen MR) is 162 cm³/mol. The summed E-state index contributed by atoms with van der Waals surface area (Å²) in [5, 5.41) is 5.77. The Bertz CT molecular complexity index is 1390. The maximum Gasteiger partial charge on any atom is 0.242 e. The van der Waals surface area contributed by atoms with Crippen molar-refractivity contribution in [3.8, 4) is 28.6 Å². The first-order valence-corrected chi connectivity index (χ1v) is 14.6. The molecular formula is C32H41N5O6. The Hall–Kier alpha value is -4.54. The van der Waals surface area contributed by atoms with Crippen LogP contribution < -0.4 is 24.8 Å². The molecular weight excluding hydrogens is 550 g/mol. The highest BCUT2D eigenvalue weighted by molar-refractivity contribution is 5.90. The Morgan fingerprint density at radius 3 is 2.60 bits per heavy atom. The Labute approximate surface area is 252 Å². The van der Waals surface area contributed by atoms with E-state index in [0.29, 0.717) is 43.3 Å². The van der Waals surface area contributed by atoms with E-state index >= 15 is 0 Å². The predicted octanol–water partition coefficient (Wildman–Crippen LogP) is 3.07. The number of amides is 3. The number of aryl methyl sites for hydroxylation is 1. The van der Waals surface area contributed by atoms with Crippen LogP contribution in [0.1, 0.15) is 32.3 Å². The van der Waals surface area contributed by atoms with Gasteiger partial charge in [0.15, 0.2) is 11.5 Å². The highest BCUT2D eigenvalue weighted by Crippen LogP contribution is 2.32. The van der Waals surface area contributed by atoms with Gasteiger partial charge in [-0.05, 0) is 54.7 Å². The number of hydrogen-bond acceptors (Lipinski definition) is 7. The summed E-state index contributed by atoms with van der Waals surface area (Å²) in [6, 6.07) is 12.5. The number of nitrogens with one attached hydrogen (secondary N) is 2. The number of rotatable bonds is 7. The number of aromatic nitrogens is 2. The van der Waals surface area contributed by atoms with Gasteiger partial charge >= 0.3 is 0 Å². The minimum absolute atomic E-state index is 0.139. The summed E-state index contributed by atoms with van der Waals surface area (Å²) in [7, 11) is 3.19. The molecule has 230 valence electrons. The second-order valence-corrected chi connectivity index (χ2v) is 10.8. The van der Waals surface area contributed by atoms with E-state index in [4.69, 9.17) is 14.2 Å². The molecule has 2 aromatic carbocycles. The van der Waals surface area contributed by atoms with Crippen LogP contribution in [-0.4, -0.2) is 78.7 Å². The molecule has 3 amide bonds. The number of fused-ring (bicyclic) bond motifs is 4. The fourth-order valence-electron chi connectivity index (χ4n) is 4.97. The molecule has 3 aromatic rings. The number of imidazole rings is 1. The minimum atomic E-state index is -0.743. The Kier molecular flexibility index (Phi) is 11.0. The van der Waals surface area contributed by atoms with E-state index in [2.05, 4.69) is 15.6 Å². The molecule has 2 heterocycles. The first-order valence-electron chi connectivity index (χ1n) is 14.6. The van der Waals surface area contributed by atoms with Crippen LogP contribution in [0.3, 0.4) is 0 Å². The smallest absolute Gasteiger partial charge is 0.242 e. The molecule has 0 fully saturated rings. The zero-order valence-electron chi connectivity index (χ0n) is 25.3. The zero-order valence-corrected chi connectivity index (χ0v) is 25.3. The molecule has 2 bridgehead atoms. The van der Waals surface area contributed by atoms with Gasteiger partial charge in [-0.3, -0.25) is 14.4 Å². The molecule has 0 unspecified atom stereocenters. The number of methoxy groups -OCH3 is 2. The van der Waals surface area contributed by atoms with Crippen molar-refractivity contribution in [2.45, 2.75) is 45.7 Å². The number of nitrogens with zero attached hydrogens (tertiary/aromatic N) is 3. The second kappa shape index (κ2) is 15.1. The molecule has 0 saturated heterocycles. The van der Waals surface area contributed by atoms with Crippen molar-refractivity contribution in [2.24, 2.45) is 5.92 Å². The third-order valence-corrected chi connectivity index (χ3v) is 7.38. The van der Waals surface area contributed by atoms with Gasteiger partial charge in [0, 0.05) is 37.5 Å². The first-order chi connectivity index (χ1) is 20.8. The normalized spacial score (nSPS) is 16.4. The minimum Gasteiger partial charge on any atom is -0.497 e. The Morgan fingerprint density at radius 2 is 1.88 bits per heavy atom. The first kappa shape index (κ1) is 31.4. The second-order valence-electron chi connectivity index (χ2n) is 10.8. The molecule has 43 heavy (non-hydrogen) atoms. The van der Waals surface area contributed by atoms with E-state index in [1.54, 1.807) is 20.4 Å². The summed E-state index contributed by atoms with van der Waals surface area (Å²) in [4.78, 5) is 45.6. The van der Waals surface area contributed by atoms with Crippen LogP contribution in [0.5, 0.6) is 17.2 Å².